The van der Waals surface area contributed by atoms with Gasteiger partial charge in [-0.1, -0.05) is 35.6 Å². The third-order valence-corrected chi connectivity index (χ3v) is 11.1. The van der Waals surface area contributed by atoms with Crippen LogP contribution in [0.4, 0.5) is 14.6 Å². The van der Waals surface area contributed by atoms with Gasteiger partial charge in [-0.25, -0.2) is 13.8 Å². The topological polar surface area (TPSA) is 125 Å². The Morgan fingerprint density at radius 2 is 1.75 bits per heavy atom. The largest absolute Gasteiger partial charge is 0.493 e. The van der Waals surface area contributed by atoms with E-state index in [0.717, 1.165) is 30.4 Å². The number of carbonyl (C=O) groups is 2. The first-order valence-corrected chi connectivity index (χ1v) is 19.1. The number of rotatable bonds is 10. The summed E-state index contributed by atoms with van der Waals surface area (Å²) >= 11 is 0. The predicted molar refractivity (Wildman–Crippen MR) is 207 cm³/mol. The Labute approximate surface area is 323 Å². The minimum Gasteiger partial charge on any atom is -0.493 e. The molecule has 56 heavy (non-hydrogen) atoms. The number of fused-ring (bicyclic) bond motifs is 1. The molecular formula is C41H45F2N9O4. The summed E-state index contributed by atoms with van der Waals surface area (Å²) in [4.78, 5) is 42.6. The molecule has 8 rings (SSSR count). The average molecular weight is 766 g/mol. The molecule has 3 aliphatic rings. The van der Waals surface area contributed by atoms with Gasteiger partial charge in [-0.3, -0.25) is 19.2 Å². The minimum absolute atomic E-state index is 0.0423. The Kier molecular flexibility index (Phi) is 10.8. The lowest BCUT2D eigenvalue weighted by atomic mass is 9.92. The maximum Gasteiger partial charge on any atom is 0.270 e. The highest BCUT2D eigenvalue weighted by molar-refractivity contribution is 6.04. The Bertz CT molecular complexity index is 2230. The number of nitrogens with one attached hydrogen (secondary N) is 1. The highest BCUT2D eigenvalue weighted by atomic mass is 19.1. The van der Waals surface area contributed by atoms with E-state index in [2.05, 4.69) is 56.4 Å². The Morgan fingerprint density at radius 1 is 0.964 bits per heavy atom. The van der Waals surface area contributed by atoms with Crippen molar-refractivity contribution in [3.8, 4) is 16.9 Å². The molecule has 0 saturated carbocycles. The van der Waals surface area contributed by atoms with Crippen molar-refractivity contribution in [3.63, 3.8) is 0 Å². The molecule has 3 aromatic heterocycles. The molecule has 292 valence electrons. The summed E-state index contributed by atoms with van der Waals surface area (Å²) in [5.41, 5.74) is 4.46. The number of nitrogens with zero attached hydrogens (tertiary/aromatic N) is 8. The van der Waals surface area contributed by atoms with Crippen LogP contribution in [0, 0.1) is 11.6 Å². The van der Waals surface area contributed by atoms with Gasteiger partial charge < -0.3 is 29.2 Å². The number of amides is 2. The minimum atomic E-state index is -0.489. The lowest BCUT2D eigenvalue weighted by Crippen LogP contribution is -2.49. The smallest absolute Gasteiger partial charge is 0.270 e. The van der Waals surface area contributed by atoms with Crippen LogP contribution in [0.25, 0.3) is 27.6 Å². The number of piperazine rings is 1. The van der Waals surface area contributed by atoms with Crippen molar-refractivity contribution in [2.45, 2.75) is 32.4 Å². The first kappa shape index (κ1) is 37.3. The molecule has 2 aromatic carbocycles. The number of hydrogen-bond donors (Lipinski definition) is 1. The van der Waals surface area contributed by atoms with Gasteiger partial charge in [-0.2, -0.15) is 0 Å². The van der Waals surface area contributed by atoms with Crippen LogP contribution in [0.2, 0.25) is 0 Å². The number of hydrogen-bond acceptors (Lipinski definition) is 9. The van der Waals surface area contributed by atoms with E-state index in [1.807, 2.05) is 17.0 Å². The summed E-state index contributed by atoms with van der Waals surface area (Å²) in [5.74, 6) is -0.403. The van der Waals surface area contributed by atoms with Crippen molar-refractivity contribution in [3.05, 3.63) is 95.6 Å². The van der Waals surface area contributed by atoms with Gasteiger partial charge in [-0.15, -0.1) is 5.10 Å². The number of aromatic nitrogens is 5. The predicted octanol–water partition coefficient (Wildman–Crippen LogP) is 5.17. The molecule has 5 aromatic rings. The lowest BCUT2D eigenvalue weighted by molar-refractivity contribution is -0.131. The molecule has 2 amide bonds. The van der Waals surface area contributed by atoms with E-state index in [-0.39, 0.29) is 42.0 Å². The van der Waals surface area contributed by atoms with Crippen LogP contribution in [-0.4, -0.2) is 124 Å². The Hall–Kier alpha value is -5.67. The van der Waals surface area contributed by atoms with Crippen molar-refractivity contribution in [2.75, 3.05) is 77.6 Å². The van der Waals surface area contributed by atoms with Gasteiger partial charge >= 0.3 is 0 Å². The highest BCUT2D eigenvalue weighted by Crippen LogP contribution is 2.38. The van der Waals surface area contributed by atoms with E-state index in [9.17, 15) is 14.0 Å². The fourth-order valence-corrected chi connectivity index (χ4v) is 7.93. The van der Waals surface area contributed by atoms with Crippen molar-refractivity contribution in [1.29, 1.82) is 0 Å². The van der Waals surface area contributed by atoms with E-state index in [1.54, 1.807) is 32.9 Å². The Balaban J connectivity index is 1.09. The number of halogens is 2. The highest BCUT2D eigenvalue weighted by Gasteiger charge is 2.29. The van der Waals surface area contributed by atoms with E-state index in [1.165, 1.54) is 18.7 Å². The van der Waals surface area contributed by atoms with Gasteiger partial charge in [0.2, 0.25) is 5.91 Å². The van der Waals surface area contributed by atoms with Gasteiger partial charge in [0.1, 0.15) is 11.5 Å². The van der Waals surface area contributed by atoms with Crippen LogP contribution in [-0.2, 0) is 16.1 Å². The molecule has 1 N–H and O–H groups in total. The van der Waals surface area contributed by atoms with Crippen LogP contribution >= 0.6 is 0 Å². The molecule has 1 unspecified atom stereocenters. The second kappa shape index (κ2) is 16.2. The SMILES string of the molecule is COc1cc(F)cnc1N1CCN(C(=O)c2cc3c(-c4ccc(C(C)N5CCOCC5)cc4)cc(C4=CCCN(C(=O)CCn5ccnn5)C4)c(F)c3[nH]2)CC1. The lowest BCUT2D eigenvalue weighted by Gasteiger charge is -2.35. The first-order valence-electron chi connectivity index (χ1n) is 19.1. The molecule has 0 bridgehead atoms. The first-order chi connectivity index (χ1) is 27.3. The molecule has 0 spiro atoms. The van der Waals surface area contributed by atoms with E-state index in [4.69, 9.17) is 9.47 Å². The molecule has 0 aliphatic carbocycles. The summed E-state index contributed by atoms with van der Waals surface area (Å²) in [7, 11) is 1.47. The Morgan fingerprint density at radius 3 is 2.48 bits per heavy atom. The van der Waals surface area contributed by atoms with Crippen LogP contribution in [0.1, 0.15) is 47.4 Å². The van der Waals surface area contributed by atoms with Crippen molar-refractivity contribution in [2.24, 2.45) is 0 Å². The van der Waals surface area contributed by atoms with E-state index >= 15 is 4.39 Å². The molecule has 0 radical (unpaired) electrons. The van der Waals surface area contributed by atoms with Gasteiger partial charge in [-0.05, 0) is 47.7 Å². The molecule has 13 nitrogen and oxygen atoms in total. The van der Waals surface area contributed by atoms with Gasteiger partial charge in [0.15, 0.2) is 17.4 Å². The monoisotopic (exact) mass is 765 g/mol. The van der Waals surface area contributed by atoms with Gasteiger partial charge in [0, 0.05) is 88.0 Å². The molecule has 1 atom stereocenters. The molecule has 2 saturated heterocycles. The van der Waals surface area contributed by atoms with Crippen LogP contribution in [0.3, 0.4) is 0 Å². The van der Waals surface area contributed by atoms with Gasteiger partial charge in [0.25, 0.3) is 5.91 Å². The number of benzene rings is 2. The summed E-state index contributed by atoms with van der Waals surface area (Å²) in [6.07, 6.45) is 7.29. The molecule has 15 heteroatoms. The number of methoxy groups -OCH3 is 1. The molecule has 2 fully saturated rings. The number of aryl methyl sites for hydroxylation is 1. The van der Waals surface area contributed by atoms with Crippen molar-refractivity contribution >= 4 is 34.1 Å². The zero-order valence-electron chi connectivity index (χ0n) is 31.6. The maximum atomic E-state index is 16.9. The summed E-state index contributed by atoms with van der Waals surface area (Å²) in [6, 6.07) is 13.4. The molecule has 3 aliphatic heterocycles. The fraction of sp³-hybridized carbons (Fsp3) is 0.390. The number of carbonyl (C=O) groups excluding carboxylic acids is 2. The van der Waals surface area contributed by atoms with Gasteiger partial charge in [0.05, 0.1) is 44.8 Å². The van der Waals surface area contributed by atoms with Crippen LogP contribution in [0.5, 0.6) is 5.75 Å². The molecule has 6 heterocycles. The number of morpholine rings is 1. The number of anilines is 1. The third-order valence-electron chi connectivity index (χ3n) is 11.1. The number of pyridine rings is 1. The summed E-state index contributed by atoms with van der Waals surface area (Å²) in [5, 5.41) is 8.37. The summed E-state index contributed by atoms with van der Waals surface area (Å²) in [6.45, 7) is 8.25. The van der Waals surface area contributed by atoms with E-state index in [0.29, 0.717) is 87.0 Å². The quantitative estimate of drug-likeness (QED) is 0.205. The number of ether oxygens (including phenoxy) is 2. The second-order valence-electron chi connectivity index (χ2n) is 14.4. The zero-order valence-corrected chi connectivity index (χ0v) is 31.6. The fourth-order valence-electron chi connectivity index (χ4n) is 7.93. The molecular weight excluding hydrogens is 721 g/mol. The number of H-pyrrole nitrogens is 1. The third kappa shape index (κ3) is 7.60. The van der Waals surface area contributed by atoms with Crippen molar-refractivity contribution in [1.82, 2.24) is 39.7 Å². The second-order valence-corrected chi connectivity index (χ2v) is 14.4. The van der Waals surface area contributed by atoms with Crippen molar-refractivity contribution < 1.29 is 27.8 Å². The van der Waals surface area contributed by atoms with E-state index < -0.39 is 11.6 Å². The summed E-state index contributed by atoms with van der Waals surface area (Å²) < 4.78 is 43.2. The standard InChI is InChI=1S/C41H45F2N9O4/c1-27(48-18-20-56-21-19-48)28-5-7-29(8-6-28)32-23-33(30-4-3-11-51(26-30)37(53)9-12-52-13-10-45-47-52)38(43)39-34(32)24-35(46-39)41(54)50-16-14-49(15-17-50)40-36(55-2)22-31(42)25-44-40/h4-8,10,13,22-25,27,46H,3,9,11-12,14-21,26H2,1-2H3. The zero-order chi connectivity index (χ0) is 38.8. The normalized spacial score (nSPS) is 17.3. The van der Waals surface area contributed by atoms with Crippen LogP contribution < -0.4 is 9.64 Å². The van der Waals surface area contributed by atoms with Crippen LogP contribution in [0.15, 0.2) is 67.1 Å². The number of aromatic amines is 1. The maximum absolute atomic E-state index is 16.9. The average Bonchev–Trinajstić information content (AvgIpc) is 3.95.